The summed E-state index contributed by atoms with van der Waals surface area (Å²) in [6, 6.07) is 2.24. The molecule has 0 aliphatic rings. The molecule has 0 aliphatic carbocycles. The van der Waals surface area contributed by atoms with E-state index in [1.807, 2.05) is 13.8 Å². The van der Waals surface area contributed by atoms with Gasteiger partial charge in [-0.3, -0.25) is 0 Å². The first kappa shape index (κ1) is 31.1. The van der Waals surface area contributed by atoms with Gasteiger partial charge in [-0.2, -0.15) is 0 Å². The molecule has 1 nitrogen and oxygen atoms in total. The number of nitrogens with zero attached hydrogens (tertiary/aromatic N) is 1. The van der Waals surface area contributed by atoms with Gasteiger partial charge in [0.25, 0.3) is 0 Å². The predicted octanol–water partition coefficient (Wildman–Crippen LogP) is 7.63. The average Bonchev–Trinajstić information content (AvgIpc) is 2.81. The van der Waals surface area contributed by atoms with Crippen LogP contribution in [-0.4, -0.2) is 13.0 Å². The number of aryl methyl sites for hydroxylation is 1. The van der Waals surface area contributed by atoms with Crippen LogP contribution in [0.1, 0.15) is 113 Å². The van der Waals surface area contributed by atoms with Crippen molar-refractivity contribution >= 4 is 8.41 Å². The highest BCUT2D eigenvalue weighted by Gasteiger charge is 2.12. The van der Waals surface area contributed by atoms with E-state index in [1.54, 1.807) is 0 Å². The molecule has 0 atom stereocenters. The Kier molecular flexibility index (Phi) is 22.3. The maximum Gasteiger partial charge on any atom is 0.0232 e. The zero-order valence-electron chi connectivity index (χ0n) is 17.9. The van der Waals surface area contributed by atoms with Crippen molar-refractivity contribution in [3.05, 3.63) is 23.5 Å². The SMILES string of the molecule is C.CC.CC(C)CCC(C)C.CC(C)c1ccn(C)c1C(C)C.[B]. The summed E-state index contributed by atoms with van der Waals surface area (Å²) in [7, 11) is 2.13. The largest absolute Gasteiger partial charge is 0.354 e. The van der Waals surface area contributed by atoms with Crippen LogP contribution in [0.3, 0.4) is 0 Å². The fourth-order valence-electron chi connectivity index (χ4n) is 2.46. The minimum atomic E-state index is 0. The van der Waals surface area contributed by atoms with Gasteiger partial charge in [-0.25, -0.2) is 0 Å². The molecule has 1 aromatic rings. The highest BCUT2D eigenvalue weighted by atomic mass is 14.9. The van der Waals surface area contributed by atoms with Crippen LogP contribution in [-0.2, 0) is 7.05 Å². The van der Waals surface area contributed by atoms with Crippen LogP contribution in [0, 0.1) is 11.8 Å². The zero-order chi connectivity index (χ0) is 17.9. The molecule has 0 fully saturated rings. The van der Waals surface area contributed by atoms with Crippen molar-refractivity contribution in [2.45, 2.75) is 101 Å². The minimum absolute atomic E-state index is 0. The lowest BCUT2D eigenvalue weighted by Gasteiger charge is -2.13. The molecule has 1 rings (SSSR count). The Morgan fingerprint density at radius 1 is 0.792 bits per heavy atom. The van der Waals surface area contributed by atoms with Gasteiger partial charge in [-0.05, 0) is 35.3 Å². The van der Waals surface area contributed by atoms with Crippen LogP contribution in [0.4, 0.5) is 0 Å². The van der Waals surface area contributed by atoms with Gasteiger partial charge in [-0.1, -0.05) is 89.5 Å². The van der Waals surface area contributed by atoms with Crippen molar-refractivity contribution in [3.8, 4) is 0 Å². The summed E-state index contributed by atoms with van der Waals surface area (Å²) < 4.78 is 2.24. The molecule has 1 heterocycles. The molecule has 0 spiro atoms. The van der Waals surface area contributed by atoms with Crippen molar-refractivity contribution in [1.29, 1.82) is 0 Å². The van der Waals surface area contributed by atoms with Gasteiger partial charge >= 0.3 is 0 Å². The van der Waals surface area contributed by atoms with Gasteiger partial charge < -0.3 is 4.57 Å². The summed E-state index contributed by atoms with van der Waals surface area (Å²) in [5, 5.41) is 0. The number of aromatic nitrogens is 1. The van der Waals surface area contributed by atoms with Crippen LogP contribution in [0.15, 0.2) is 12.3 Å². The normalized spacial score (nSPS) is 9.79. The van der Waals surface area contributed by atoms with E-state index in [0.717, 1.165) is 11.8 Å². The highest BCUT2D eigenvalue weighted by Crippen LogP contribution is 2.26. The topological polar surface area (TPSA) is 4.93 Å². The fourth-order valence-corrected chi connectivity index (χ4v) is 2.46. The molecule has 0 aliphatic heterocycles. The first-order valence-electron chi connectivity index (χ1n) is 9.31. The molecule has 24 heavy (non-hydrogen) atoms. The smallest absolute Gasteiger partial charge is 0.0232 e. The van der Waals surface area contributed by atoms with Crippen molar-refractivity contribution in [2.24, 2.45) is 18.9 Å². The van der Waals surface area contributed by atoms with E-state index in [0.29, 0.717) is 11.8 Å². The molecule has 143 valence electrons. The molecule has 3 radical (unpaired) electrons. The molecule has 0 N–H and O–H groups in total. The van der Waals surface area contributed by atoms with E-state index >= 15 is 0 Å². The van der Waals surface area contributed by atoms with Gasteiger partial charge in [0, 0.05) is 27.4 Å². The van der Waals surface area contributed by atoms with Crippen molar-refractivity contribution < 1.29 is 0 Å². The third-order valence-corrected chi connectivity index (χ3v) is 3.64. The van der Waals surface area contributed by atoms with Crippen molar-refractivity contribution in [3.63, 3.8) is 0 Å². The van der Waals surface area contributed by atoms with Crippen LogP contribution in [0.25, 0.3) is 0 Å². The summed E-state index contributed by atoms with van der Waals surface area (Å²) in [5.74, 6) is 3.04. The standard InChI is InChI=1S/C11H19N.C8H18.C2H6.CH4.B/c1-8(2)10-6-7-12(5)11(10)9(3)4;1-7(2)5-6-8(3)4;1-2;;/h6-9H,1-5H3;7-8H,5-6H2,1-4H3;1-2H3;1H4;. The van der Waals surface area contributed by atoms with Crippen LogP contribution < -0.4 is 0 Å². The monoisotopic (exact) mass is 336 g/mol. The van der Waals surface area contributed by atoms with E-state index in [2.05, 4.69) is 79.3 Å². The van der Waals surface area contributed by atoms with E-state index in [-0.39, 0.29) is 15.8 Å². The molecule has 0 aromatic carbocycles. The van der Waals surface area contributed by atoms with Gasteiger partial charge in [0.05, 0.1) is 0 Å². The van der Waals surface area contributed by atoms with Gasteiger partial charge in [0.15, 0.2) is 0 Å². The lowest BCUT2D eigenvalue weighted by molar-refractivity contribution is 0.476. The van der Waals surface area contributed by atoms with Crippen molar-refractivity contribution in [1.82, 2.24) is 4.57 Å². The second-order valence-electron chi connectivity index (χ2n) is 7.44. The Hall–Kier alpha value is -0.655. The quantitative estimate of drug-likeness (QED) is 0.487. The number of hydrogen-bond acceptors (Lipinski definition) is 0. The maximum absolute atomic E-state index is 2.28. The summed E-state index contributed by atoms with van der Waals surface area (Å²) in [6.07, 6.45) is 4.93. The van der Waals surface area contributed by atoms with E-state index in [9.17, 15) is 0 Å². The Balaban J connectivity index is -0.000000148. The van der Waals surface area contributed by atoms with Crippen LogP contribution >= 0.6 is 0 Å². The lowest BCUT2D eigenvalue weighted by Crippen LogP contribution is -2.01. The summed E-state index contributed by atoms with van der Waals surface area (Å²) in [5.41, 5.74) is 2.97. The zero-order valence-corrected chi connectivity index (χ0v) is 17.9. The molecule has 0 amide bonds. The van der Waals surface area contributed by atoms with Crippen LogP contribution in [0.5, 0.6) is 0 Å². The molecule has 0 saturated heterocycles. The van der Waals surface area contributed by atoms with Crippen LogP contribution in [0.2, 0.25) is 0 Å². The Morgan fingerprint density at radius 3 is 1.38 bits per heavy atom. The Labute approximate surface area is 157 Å². The summed E-state index contributed by atoms with van der Waals surface area (Å²) >= 11 is 0. The molecule has 0 bridgehead atoms. The second-order valence-corrected chi connectivity index (χ2v) is 7.44. The molecule has 2 heteroatoms. The third kappa shape index (κ3) is 13.8. The summed E-state index contributed by atoms with van der Waals surface area (Å²) in [6.45, 7) is 22.1. The Bertz CT molecular complexity index is 354. The van der Waals surface area contributed by atoms with Crippen molar-refractivity contribution in [2.75, 3.05) is 0 Å². The predicted molar refractivity (Wildman–Crippen MR) is 116 cm³/mol. The number of rotatable bonds is 5. The van der Waals surface area contributed by atoms with E-state index in [1.165, 1.54) is 24.1 Å². The Morgan fingerprint density at radius 2 is 1.17 bits per heavy atom. The van der Waals surface area contributed by atoms with Gasteiger partial charge in [-0.15, -0.1) is 0 Å². The van der Waals surface area contributed by atoms with Gasteiger partial charge in [0.1, 0.15) is 0 Å². The first-order chi connectivity index (χ1) is 10.2. The average molecular weight is 336 g/mol. The van der Waals surface area contributed by atoms with E-state index < -0.39 is 0 Å². The molecule has 1 aromatic heterocycles. The maximum atomic E-state index is 2.28. The molecule has 0 saturated carbocycles. The molecular formula is C22H47BN. The lowest BCUT2D eigenvalue weighted by atomic mass is 9.98. The summed E-state index contributed by atoms with van der Waals surface area (Å²) in [4.78, 5) is 0. The molecular weight excluding hydrogens is 289 g/mol. The first-order valence-corrected chi connectivity index (χ1v) is 9.31. The van der Waals surface area contributed by atoms with Gasteiger partial charge in [0.2, 0.25) is 0 Å². The third-order valence-electron chi connectivity index (χ3n) is 3.64. The second kappa shape index (κ2) is 17.2. The van der Waals surface area contributed by atoms with E-state index in [4.69, 9.17) is 0 Å². The number of hydrogen-bond donors (Lipinski definition) is 0. The molecule has 0 unspecified atom stereocenters. The fraction of sp³-hybridized carbons (Fsp3) is 0.818. The minimum Gasteiger partial charge on any atom is -0.354 e. The highest BCUT2D eigenvalue weighted by molar-refractivity contribution is 5.75.